The number of allylic oxidation sites excluding steroid dienone is 2. The van der Waals surface area contributed by atoms with Gasteiger partial charge < -0.3 is 15.2 Å². The Bertz CT molecular complexity index is 355. The zero-order valence-electron chi connectivity index (χ0n) is 14.8. The molecule has 128 valence electrons. The number of hydrogen-bond acceptors (Lipinski definition) is 3. The van der Waals surface area contributed by atoms with Crippen LogP contribution < -0.4 is 5.32 Å². The highest BCUT2D eigenvalue weighted by atomic mass is 16.5. The van der Waals surface area contributed by atoms with E-state index in [2.05, 4.69) is 25.4 Å². The van der Waals surface area contributed by atoms with Crippen LogP contribution in [0.5, 0.6) is 0 Å². The highest BCUT2D eigenvalue weighted by molar-refractivity contribution is 5.89. The number of carboxylic acids is 1. The van der Waals surface area contributed by atoms with E-state index in [0.717, 1.165) is 24.7 Å². The van der Waals surface area contributed by atoms with Crippen LogP contribution in [0.25, 0.3) is 0 Å². The summed E-state index contributed by atoms with van der Waals surface area (Å²) in [4.78, 5) is 10.1. The molecule has 1 saturated heterocycles. The third-order valence-electron chi connectivity index (χ3n) is 3.27. The zero-order chi connectivity index (χ0) is 17.5. The van der Waals surface area contributed by atoms with E-state index in [1.807, 2.05) is 20.9 Å². The molecule has 22 heavy (non-hydrogen) atoms. The maximum atomic E-state index is 10.1. The Kier molecular flexibility index (Phi) is 15.1. The van der Waals surface area contributed by atoms with Crippen LogP contribution in [-0.4, -0.2) is 37.4 Å². The van der Waals surface area contributed by atoms with Crippen molar-refractivity contribution >= 4 is 5.97 Å². The molecule has 0 amide bonds. The molecule has 1 rings (SSSR count). The van der Waals surface area contributed by atoms with E-state index in [-0.39, 0.29) is 5.57 Å². The Labute approximate surface area is 135 Å². The number of carboxylic acid groups (broad SMARTS) is 1. The first-order valence-electron chi connectivity index (χ1n) is 7.89. The van der Waals surface area contributed by atoms with Crippen LogP contribution in [-0.2, 0) is 9.53 Å². The molecule has 4 heteroatoms. The van der Waals surface area contributed by atoms with Gasteiger partial charge in [-0.05, 0) is 45.7 Å². The lowest BCUT2D eigenvalue weighted by Gasteiger charge is -2.27. The highest BCUT2D eigenvalue weighted by Crippen LogP contribution is 2.17. The Balaban J connectivity index is 0. The highest BCUT2D eigenvalue weighted by Gasteiger charge is 2.18. The molecule has 0 aromatic carbocycles. The van der Waals surface area contributed by atoms with Gasteiger partial charge in [-0.1, -0.05) is 38.7 Å². The largest absolute Gasteiger partial charge is 0.478 e. The number of carbonyl (C=O) groups is 1. The molecule has 0 aliphatic carbocycles. The first-order chi connectivity index (χ1) is 10.4. The number of rotatable bonds is 5. The fourth-order valence-corrected chi connectivity index (χ4v) is 1.77. The average molecular weight is 311 g/mol. The van der Waals surface area contributed by atoms with Crippen molar-refractivity contribution in [1.29, 1.82) is 0 Å². The molecule has 0 aromatic heterocycles. The molecule has 1 fully saturated rings. The molecule has 1 aliphatic heterocycles. The van der Waals surface area contributed by atoms with Crippen molar-refractivity contribution in [2.45, 2.75) is 46.6 Å². The molecule has 1 aliphatic rings. The predicted octanol–water partition coefficient (Wildman–Crippen LogP) is 3.81. The third kappa shape index (κ3) is 12.4. The van der Waals surface area contributed by atoms with Gasteiger partial charge in [0.1, 0.15) is 0 Å². The summed E-state index contributed by atoms with van der Waals surface area (Å²) in [6, 6.07) is 0.656. The van der Waals surface area contributed by atoms with E-state index in [1.165, 1.54) is 18.9 Å². The lowest BCUT2D eigenvalue weighted by molar-refractivity contribution is -0.132. The monoisotopic (exact) mass is 311 g/mol. The molecule has 1 atom stereocenters. The average Bonchev–Trinajstić information content (AvgIpc) is 2.54. The van der Waals surface area contributed by atoms with Crippen molar-refractivity contribution in [3.8, 4) is 0 Å². The summed E-state index contributed by atoms with van der Waals surface area (Å²) in [5.74, 6) is -0.170. The van der Waals surface area contributed by atoms with Gasteiger partial charge in [0.05, 0.1) is 5.57 Å². The summed E-state index contributed by atoms with van der Waals surface area (Å²) in [6.45, 7) is 16.8. The maximum Gasteiger partial charge on any atom is 0.335 e. The van der Waals surface area contributed by atoms with Gasteiger partial charge >= 0.3 is 5.97 Å². The lowest BCUT2D eigenvalue weighted by atomic mass is 9.93. The molecular formula is C18H33NO3. The van der Waals surface area contributed by atoms with E-state index in [0.29, 0.717) is 6.04 Å². The first kappa shape index (κ1) is 22.9. The SMILES string of the molecule is C=C(C)/C=C\C(=C)C(=O)O.CC.CNC(C)C1CCOCC1. The second-order valence-electron chi connectivity index (χ2n) is 5.04. The summed E-state index contributed by atoms with van der Waals surface area (Å²) in [6.07, 6.45) is 5.48. The molecule has 1 heterocycles. The van der Waals surface area contributed by atoms with Crippen LogP contribution in [0.1, 0.15) is 40.5 Å². The van der Waals surface area contributed by atoms with Gasteiger partial charge in [0.15, 0.2) is 0 Å². The fourth-order valence-electron chi connectivity index (χ4n) is 1.77. The van der Waals surface area contributed by atoms with Crippen molar-refractivity contribution < 1.29 is 14.6 Å². The van der Waals surface area contributed by atoms with Crippen LogP contribution in [0.15, 0.2) is 36.5 Å². The van der Waals surface area contributed by atoms with E-state index in [4.69, 9.17) is 9.84 Å². The standard InChI is InChI=1S/C8H17NO.C8H10O2.C2H6/c1-7(9-2)8-3-5-10-6-4-8;1-6(2)4-5-7(3)8(9)10;1-2/h7-9H,3-6H2,1-2H3;4-5H,1,3H2,2H3,(H,9,10);1-2H3/b;5-4-;. The van der Waals surface area contributed by atoms with Crippen molar-refractivity contribution in [2.24, 2.45) is 5.92 Å². The summed E-state index contributed by atoms with van der Waals surface area (Å²) >= 11 is 0. The van der Waals surface area contributed by atoms with E-state index in [1.54, 1.807) is 13.0 Å². The van der Waals surface area contributed by atoms with Crippen LogP contribution in [0.4, 0.5) is 0 Å². The van der Waals surface area contributed by atoms with Crippen molar-refractivity contribution in [2.75, 3.05) is 20.3 Å². The predicted molar refractivity (Wildman–Crippen MR) is 94.1 cm³/mol. The zero-order valence-corrected chi connectivity index (χ0v) is 14.8. The number of hydrogen-bond donors (Lipinski definition) is 2. The van der Waals surface area contributed by atoms with Gasteiger partial charge in [-0.3, -0.25) is 0 Å². The maximum absolute atomic E-state index is 10.1. The molecule has 0 bridgehead atoms. The van der Waals surface area contributed by atoms with Crippen LogP contribution in [0.3, 0.4) is 0 Å². The van der Waals surface area contributed by atoms with Gasteiger partial charge in [0, 0.05) is 19.3 Å². The minimum atomic E-state index is -1.00. The number of aliphatic carboxylic acids is 1. The molecule has 0 spiro atoms. The molecule has 0 aromatic rings. The second-order valence-corrected chi connectivity index (χ2v) is 5.04. The van der Waals surface area contributed by atoms with Crippen LogP contribution in [0, 0.1) is 5.92 Å². The van der Waals surface area contributed by atoms with E-state index < -0.39 is 5.97 Å². The van der Waals surface area contributed by atoms with E-state index in [9.17, 15) is 4.79 Å². The normalized spacial score (nSPS) is 15.9. The molecule has 2 N–H and O–H groups in total. The topological polar surface area (TPSA) is 58.6 Å². The van der Waals surface area contributed by atoms with Crippen molar-refractivity contribution in [1.82, 2.24) is 5.32 Å². The first-order valence-corrected chi connectivity index (χ1v) is 7.89. The third-order valence-corrected chi connectivity index (χ3v) is 3.27. The Morgan fingerprint density at radius 2 is 1.77 bits per heavy atom. The molecule has 4 nitrogen and oxygen atoms in total. The van der Waals surface area contributed by atoms with Gasteiger partial charge in [-0.2, -0.15) is 0 Å². The lowest BCUT2D eigenvalue weighted by Crippen LogP contribution is -2.34. The van der Waals surface area contributed by atoms with Gasteiger partial charge in [0.2, 0.25) is 0 Å². The molecule has 0 saturated carbocycles. The number of ether oxygens (including phenoxy) is 1. The summed E-state index contributed by atoms with van der Waals surface area (Å²) < 4.78 is 5.27. The summed E-state index contributed by atoms with van der Waals surface area (Å²) in [5.41, 5.74) is 0.880. The minimum absolute atomic E-state index is 0.0722. The summed E-state index contributed by atoms with van der Waals surface area (Å²) in [7, 11) is 2.03. The Hall–Kier alpha value is -1.39. The van der Waals surface area contributed by atoms with Gasteiger partial charge in [-0.15, -0.1) is 0 Å². The minimum Gasteiger partial charge on any atom is -0.478 e. The van der Waals surface area contributed by atoms with E-state index >= 15 is 0 Å². The Morgan fingerprint density at radius 3 is 2.14 bits per heavy atom. The fraction of sp³-hybridized carbons (Fsp3) is 0.611. The molecule has 1 unspecified atom stereocenters. The second kappa shape index (κ2) is 14.5. The molecule has 0 radical (unpaired) electrons. The quantitative estimate of drug-likeness (QED) is 0.599. The Morgan fingerprint density at radius 1 is 1.27 bits per heavy atom. The number of nitrogens with one attached hydrogen (secondary N) is 1. The molecular weight excluding hydrogens is 278 g/mol. The van der Waals surface area contributed by atoms with Crippen LogP contribution in [0.2, 0.25) is 0 Å². The van der Waals surface area contributed by atoms with Gasteiger partial charge in [-0.25, -0.2) is 4.79 Å². The summed E-state index contributed by atoms with van der Waals surface area (Å²) in [5, 5.41) is 11.6. The van der Waals surface area contributed by atoms with Crippen molar-refractivity contribution in [3.63, 3.8) is 0 Å². The van der Waals surface area contributed by atoms with Gasteiger partial charge in [0.25, 0.3) is 0 Å². The van der Waals surface area contributed by atoms with Crippen LogP contribution >= 0.6 is 0 Å². The van der Waals surface area contributed by atoms with Crippen molar-refractivity contribution in [3.05, 3.63) is 36.5 Å². The smallest absolute Gasteiger partial charge is 0.335 e.